The smallest absolute Gasteiger partial charge is 0.319 e. The van der Waals surface area contributed by atoms with Gasteiger partial charge in [0.1, 0.15) is 5.82 Å². The number of urea groups is 1. The number of nitrogens with zero attached hydrogens (tertiary/aromatic N) is 1. The molecule has 24 heavy (non-hydrogen) atoms. The summed E-state index contributed by atoms with van der Waals surface area (Å²) in [6.07, 6.45) is 5.12. The van der Waals surface area contributed by atoms with Crippen molar-refractivity contribution in [1.82, 2.24) is 10.3 Å². The number of amides is 2. The van der Waals surface area contributed by atoms with E-state index in [-0.39, 0.29) is 6.03 Å². The number of hydrogen-bond acceptors (Lipinski definition) is 3. The number of anilines is 2. The first-order valence-electron chi connectivity index (χ1n) is 8.52. The van der Waals surface area contributed by atoms with Gasteiger partial charge in [-0.2, -0.15) is 0 Å². The van der Waals surface area contributed by atoms with Gasteiger partial charge in [-0.1, -0.05) is 24.3 Å². The van der Waals surface area contributed by atoms with Crippen LogP contribution in [0.5, 0.6) is 0 Å². The highest BCUT2D eigenvalue weighted by Crippen LogP contribution is 2.43. The molecule has 1 aromatic heterocycles. The molecule has 0 radical (unpaired) electrons. The molecule has 1 aliphatic rings. The molecule has 5 nitrogen and oxygen atoms in total. The van der Waals surface area contributed by atoms with E-state index in [1.165, 1.54) is 18.4 Å². The van der Waals surface area contributed by atoms with Crippen LogP contribution in [0, 0.1) is 6.92 Å². The highest BCUT2D eigenvalue weighted by Gasteiger charge is 2.26. The fraction of sp³-hybridized carbons (Fsp3) is 0.368. The summed E-state index contributed by atoms with van der Waals surface area (Å²) in [5, 5.41) is 9.11. The van der Waals surface area contributed by atoms with E-state index in [9.17, 15) is 4.79 Å². The zero-order chi connectivity index (χ0) is 16.8. The van der Waals surface area contributed by atoms with Crippen molar-refractivity contribution in [3.05, 3.63) is 53.7 Å². The number of aryl methyl sites for hydroxylation is 1. The van der Waals surface area contributed by atoms with Crippen molar-refractivity contribution < 1.29 is 4.79 Å². The lowest BCUT2D eigenvalue weighted by molar-refractivity contribution is 0.252. The van der Waals surface area contributed by atoms with Crippen LogP contribution in [0.2, 0.25) is 0 Å². The number of nitrogens with one attached hydrogen (secondary N) is 3. The van der Waals surface area contributed by atoms with Crippen molar-refractivity contribution in [2.45, 2.75) is 32.1 Å². The minimum absolute atomic E-state index is 0.142. The van der Waals surface area contributed by atoms with Gasteiger partial charge < -0.3 is 16.0 Å². The fourth-order valence-corrected chi connectivity index (χ4v) is 2.61. The van der Waals surface area contributed by atoms with E-state index in [1.54, 1.807) is 0 Å². The maximum absolute atomic E-state index is 12.0. The number of aromatic nitrogens is 1. The molecule has 0 atom stereocenters. The minimum Gasteiger partial charge on any atom is -0.370 e. The number of rotatable bonds is 7. The van der Waals surface area contributed by atoms with Crippen LogP contribution in [0.3, 0.4) is 0 Å². The average Bonchev–Trinajstić information content (AvgIpc) is 3.42. The van der Waals surface area contributed by atoms with Crippen LogP contribution in [0.4, 0.5) is 16.3 Å². The summed E-state index contributed by atoms with van der Waals surface area (Å²) in [6.45, 7) is 3.41. The van der Waals surface area contributed by atoms with E-state index < -0.39 is 0 Å². The Balaban J connectivity index is 1.36. The molecule has 1 aliphatic carbocycles. The quantitative estimate of drug-likeness (QED) is 0.677. The standard InChI is InChI=1S/C19H24N4O/c1-14-7-10-18(22-13-14)20-11-4-12-21-19(24)23-17-6-3-2-5-16(17)15-8-9-15/h2-3,5-7,10,13,15H,4,8-9,11-12H2,1H3,(H,20,22)(H2,21,23,24). The highest BCUT2D eigenvalue weighted by atomic mass is 16.2. The summed E-state index contributed by atoms with van der Waals surface area (Å²) in [5.74, 6) is 1.48. The molecule has 0 saturated heterocycles. The van der Waals surface area contributed by atoms with Crippen molar-refractivity contribution in [1.29, 1.82) is 0 Å². The molecule has 1 aromatic carbocycles. The first-order valence-corrected chi connectivity index (χ1v) is 8.52. The van der Waals surface area contributed by atoms with Gasteiger partial charge in [0.15, 0.2) is 0 Å². The van der Waals surface area contributed by atoms with E-state index in [4.69, 9.17) is 0 Å². The van der Waals surface area contributed by atoms with Crippen molar-refractivity contribution in [3.8, 4) is 0 Å². The summed E-state index contributed by atoms with van der Waals surface area (Å²) in [5.41, 5.74) is 3.32. The van der Waals surface area contributed by atoms with Crippen LogP contribution in [0.15, 0.2) is 42.6 Å². The second-order valence-electron chi connectivity index (χ2n) is 6.24. The molecule has 2 aromatic rings. The van der Waals surface area contributed by atoms with E-state index in [0.717, 1.165) is 30.0 Å². The number of para-hydroxylation sites is 1. The van der Waals surface area contributed by atoms with Gasteiger partial charge >= 0.3 is 6.03 Å². The van der Waals surface area contributed by atoms with Crippen LogP contribution in [0.1, 0.15) is 36.3 Å². The van der Waals surface area contributed by atoms with E-state index in [2.05, 4.69) is 27.0 Å². The topological polar surface area (TPSA) is 66.0 Å². The Morgan fingerprint density at radius 1 is 1.17 bits per heavy atom. The van der Waals surface area contributed by atoms with Gasteiger partial charge in [0.05, 0.1) is 0 Å². The summed E-state index contributed by atoms with van der Waals surface area (Å²) in [6, 6.07) is 11.9. The Hall–Kier alpha value is -2.56. The predicted octanol–water partition coefficient (Wildman–Crippen LogP) is 3.89. The maximum atomic E-state index is 12.0. The van der Waals surface area contributed by atoms with Crippen LogP contribution in [0.25, 0.3) is 0 Å². The molecule has 1 heterocycles. The first kappa shape index (κ1) is 16.3. The number of carbonyl (C=O) groups excluding carboxylic acids is 1. The Bertz CT molecular complexity index is 680. The molecule has 0 aliphatic heterocycles. The van der Waals surface area contributed by atoms with Crippen LogP contribution in [-0.4, -0.2) is 24.1 Å². The number of benzene rings is 1. The summed E-state index contributed by atoms with van der Waals surface area (Å²) in [4.78, 5) is 16.3. The SMILES string of the molecule is Cc1ccc(NCCCNC(=O)Nc2ccccc2C2CC2)nc1. The molecule has 5 heteroatoms. The second-order valence-corrected chi connectivity index (χ2v) is 6.24. The monoisotopic (exact) mass is 324 g/mol. The van der Waals surface area contributed by atoms with Crippen LogP contribution < -0.4 is 16.0 Å². The zero-order valence-corrected chi connectivity index (χ0v) is 14.0. The predicted molar refractivity (Wildman–Crippen MR) is 97.5 cm³/mol. The molecule has 0 spiro atoms. The molecule has 126 valence electrons. The Labute approximate surface area is 142 Å². The fourth-order valence-electron chi connectivity index (χ4n) is 2.61. The third-order valence-electron chi connectivity index (χ3n) is 4.08. The van der Waals surface area contributed by atoms with Gasteiger partial charge in [0.25, 0.3) is 0 Å². The molecule has 3 rings (SSSR count). The molecule has 2 amide bonds. The Morgan fingerprint density at radius 3 is 2.75 bits per heavy atom. The molecule has 1 saturated carbocycles. The lowest BCUT2D eigenvalue weighted by atomic mass is 10.1. The molecular formula is C19H24N4O. The third-order valence-corrected chi connectivity index (χ3v) is 4.08. The molecule has 0 bridgehead atoms. The highest BCUT2D eigenvalue weighted by molar-refractivity contribution is 5.90. The van der Waals surface area contributed by atoms with Crippen LogP contribution >= 0.6 is 0 Å². The van der Waals surface area contributed by atoms with Gasteiger partial charge in [-0.15, -0.1) is 0 Å². The molecule has 0 unspecified atom stereocenters. The maximum Gasteiger partial charge on any atom is 0.319 e. The number of hydrogen-bond donors (Lipinski definition) is 3. The first-order chi connectivity index (χ1) is 11.7. The normalized spacial score (nSPS) is 13.4. The summed E-state index contributed by atoms with van der Waals surface area (Å²) < 4.78 is 0. The molecule has 3 N–H and O–H groups in total. The average molecular weight is 324 g/mol. The van der Waals surface area contributed by atoms with E-state index in [1.807, 2.05) is 43.5 Å². The molecule has 1 fully saturated rings. The van der Waals surface area contributed by atoms with Gasteiger partial charge in [0, 0.05) is 25.0 Å². The Morgan fingerprint density at radius 2 is 2.00 bits per heavy atom. The zero-order valence-electron chi connectivity index (χ0n) is 14.0. The van der Waals surface area contributed by atoms with Gasteiger partial charge in [-0.25, -0.2) is 9.78 Å². The van der Waals surface area contributed by atoms with Crippen molar-refractivity contribution in [2.75, 3.05) is 23.7 Å². The summed E-state index contributed by atoms with van der Waals surface area (Å²) in [7, 11) is 0. The lowest BCUT2D eigenvalue weighted by Gasteiger charge is -2.11. The Kier molecular flexibility index (Phi) is 5.31. The van der Waals surface area contributed by atoms with Crippen molar-refractivity contribution in [3.63, 3.8) is 0 Å². The van der Waals surface area contributed by atoms with Crippen LogP contribution in [-0.2, 0) is 0 Å². The summed E-state index contributed by atoms with van der Waals surface area (Å²) >= 11 is 0. The molecular weight excluding hydrogens is 300 g/mol. The lowest BCUT2D eigenvalue weighted by Crippen LogP contribution is -2.30. The second kappa shape index (κ2) is 7.81. The number of carbonyl (C=O) groups is 1. The third kappa shape index (κ3) is 4.72. The van der Waals surface area contributed by atoms with Gasteiger partial charge in [-0.3, -0.25) is 0 Å². The van der Waals surface area contributed by atoms with E-state index >= 15 is 0 Å². The minimum atomic E-state index is -0.142. The van der Waals surface area contributed by atoms with Gasteiger partial charge in [0.2, 0.25) is 0 Å². The van der Waals surface area contributed by atoms with E-state index in [0.29, 0.717) is 12.5 Å². The number of pyridine rings is 1. The van der Waals surface area contributed by atoms with Gasteiger partial charge in [-0.05, 0) is 55.4 Å². The van der Waals surface area contributed by atoms with Crippen molar-refractivity contribution in [2.24, 2.45) is 0 Å². The van der Waals surface area contributed by atoms with Crippen molar-refractivity contribution >= 4 is 17.5 Å². The largest absolute Gasteiger partial charge is 0.370 e.